The second kappa shape index (κ2) is 5.51. The standard InChI is InChI=1S/C12H20O5P/c1-12(2,3)9-4-6-10(7-5-9)17-18(15,16)11(14)8-13/h4-7,11,13-16H,8H2,1-3H3/q+1. The quantitative estimate of drug-likeness (QED) is 0.624. The fourth-order valence-corrected chi connectivity index (χ4v) is 2.10. The van der Waals surface area contributed by atoms with Gasteiger partial charge in [0.25, 0.3) is 5.85 Å². The molecule has 0 amide bonds. The lowest BCUT2D eigenvalue weighted by atomic mass is 9.87. The van der Waals surface area contributed by atoms with E-state index in [-0.39, 0.29) is 11.2 Å². The smallest absolute Gasteiger partial charge is 0.389 e. The first kappa shape index (κ1) is 15.3. The van der Waals surface area contributed by atoms with Crippen LogP contribution < -0.4 is 4.52 Å². The lowest BCUT2D eigenvalue weighted by molar-refractivity contribution is 0.118. The molecule has 0 saturated carbocycles. The summed E-state index contributed by atoms with van der Waals surface area (Å²) in [7, 11) is -4.01. The van der Waals surface area contributed by atoms with Gasteiger partial charge in [-0.25, -0.2) is 0 Å². The molecule has 6 heteroatoms. The summed E-state index contributed by atoms with van der Waals surface area (Å²) in [6.45, 7) is 5.43. The molecular weight excluding hydrogens is 255 g/mol. The second-order valence-electron chi connectivity index (χ2n) is 5.12. The van der Waals surface area contributed by atoms with Crippen molar-refractivity contribution in [3.05, 3.63) is 29.8 Å². The van der Waals surface area contributed by atoms with Gasteiger partial charge in [0.15, 0.2) is 5.75 Å². The van der Waals surface area contributed by atoms with Crippen LogP contribution in [-0.4, -0.2) is 32.5 Å². The minimum Gasteiger partial charge on any atom is -0.389 e. The van der Waals surface area contributed by atoms with Gasteiger partial charge in [0.2, 0.25) is 0 Å². The van der Waals surface area contributed by atoms with Crippen LogP contribution in [0, 0.1) is 0 Å². The fourth-order valence-electron chi connectivity index (χ4n) is 1.34. The number of hydrogen-bond donors (Lipinski definition) is 4. The molecule has 1 aromatic carbocycles. The Labute approximate surface area is 107 Å². The molecule has 0 aliphatic heterocycles. The largest absolute Gasteiger partial charge is 0.484 e. The average molecular weight is 275 g/mol. The second-order valence-corrected chi connectivity index (χ2v) is 7.07. The lowest BCUT2D eigenvalue weighted by Gasteiger charge is -2.19. The highest BCUT2D eigenvalue weighted by atomic mass is 31.2. The SMILES string of the molecule is CC(C)(C)c1ccc(O[P+](O)(O)C(O)CO)cc1. The molecule has 0 heterocycles. The molecule has 4 N–H and O–H groups in total. The number of aliphatic hydroxyl groups is 2. The molecule has 0 bridgehead atoms. The average Bonchev–Trinajstić information content (AvgIpc) is 2.26. The summed E-state index contributed by atoms with van der Waals surface area (Å²) in [5, 5.41) is 17.9. The van der Waals surface area contributed by atoms with Crippen molar-refractivity contribution in [1.82, 2.24) is 0 Å². The van der Waals surface area contributed by atoms with Crippen LogP contribution in [0.4, 0.5) is 0 Å². The van der Waals surface area contributed by atoms with Crippen LogP contribution in [-0.2, 0) is 5.41 Å². The Hall–Kier alpha value is -0.710. The van der Waals surface area contributed by atoms with Gasteiger partial charge < -0.3 is 10.2 Å². The highest BCUT2D eigenvalue weighted by Gasteiger charge is 2.47. The number of benzene rings is 1. The van der Waals surface area contributed by atoms with Crippen molar-refractivity contribution in [3.63, 3.8) is 0 Å². The van der Waals surface area contributed by atoms with Crippen LogP contribution in [0.2, 0.25) is 0 Å². The van der Waals surface area contributed by atoms with E-state index >= 15 is 0 Å². The van der Waals surface area contributed by atoms with Gasteiger partial charge in [-0.15, -0.1) is 0 Å². The third-order valence-electron chi connectivity index (χ3n) is 2.51. The first-order chi connectivity index (χ1) is 8.16. The van der Waals surface area contributed by atoms with Crippen molar-refractivity contribution in [2.75, 3.05) is 6.61 Å². The molecule has 0 spiro atoms. The van der Waals surface area contributed by atoms with E-state index in [9.17, 15) is 14.9 Å². The topological polar surface area (TPSA) is 90.2 Å². The highest BCUT2D eigenvalue weighted by Crippen LogP contribution is 2.54. The molecular formula is C12H20O5P+. The molecule has 0 aromatic heterocycles. The summed E-state index contributed by atoms with van der Waals surface area (Å²) in [4.78, 5) is 19.0. The maximum absolute atomic E-state index is 9.50. The van der Waals surface area contributed by atoms with Gasteiger partial charge in [-0.1, -0.05) is 32.9 Å². The van der Waals surface area contributed by atoms with E-state index < -0.39 is 20.4 Å². The lowest BCUT2D eigenvalue weighted by Crippen LogP contribution is -2.20. The normalized spacial score (nSPS) is 14.4. The summed E-state index contributed by atoms with van der Waals surface area (Å²) in [5.41, 5.74) is 1.07. The Kier molecular flexibility index (Phi) is 4.70. The van der Waals surface area contributed by atoms with E-state index in [2.05, 4.69) is 20.8 Å². The highest BCUT2D eigenvalue weighted by molar-refractivity contribution is 7.60. The van der Waals surface area contributed by atoms with Gasteiger partial charge in [0.05, 0.1) is 0 Å². The first-order valence-corrected chi connectivity index (χ1v) is 7.28. The Balaban J connectivity index is 2.81. The van der Waals surface area contributed by atoms with E-state index in [1.807, 2.05) is 12.1 Å². The van der Waals surface area contributed by atoms with Crippen molar-refractivity contribution in [1.29, 1.82) is 0 Å². The van der Waals surface area contributed by atoms with E-state index in [0.29, 0.717) is 0 Å². The molecule has 1 rings (SSSR count). The molecule has 18 heavy (non-hydrogen) atoms. The summed E-state index contributed by atoms with van der Waals surface area (Å²) in [6.07, 6.45) is 0. The minimum atomic E-state index is -4.01. The first-order valence-electron chi connectivity index (χ1n) is 5.60. The van der Waals surface area contributed by atoms with Gasteiger partial charge in [-0.05, 0) is 23.1 Å². The van der Waals surface area contributed by atoms with Crippen LogP contribution in [0.25, 0.3) is 0 Å². The van der Waals surface area contributed by atoms with E-state index in [1.54, 1.807) is 12.1 Å². The maximum atomic E-state index is 9.50. The molecule has 0 radical (unpaired) electrons. The van der Waals surface area contributed by atoms with Gasteiger partial charge in [0.1, 0.15) is 6.61 Å². The zero-order chi connectivity index (χ0) is 14.0. The summed E-state index contributed by atoms with van der Waals surface area (Å²) >= 11 is 0. The van der Waals surface area contributed by atoms with Crippen molar-refractivity contribution < 1.29 is 24.5 Å². The number of aliphatic hydroxyl groups excluding tert-OH is 2. The minimum absolute atomic E-state index is 0.00615. The third kappa shape index (κ3) is 3.90. The molecule has 5 nitrogen and oxygen atoms in total. The third-order valence-corrected chi connectivity index (χ3v) is 3.93. The molecule has 102 valence electrons. The molecule has 1 unspecified atom stereocenters. The maximum Gasteiger partial charge on any atom is 0.484 e. The van der Waals surface area contributed by atoms with Crippen molar-refractivity contribution in [2.45, 2.75) is 32.0 Å². The fraction of sp³-hybridized carbons (Fsp3) is 0.500. The van der Waals surface area contributed by atoms with E-state index in [0.717, 1.165) is 5.56 Å². The van der Waals surface area contributed by atoms with E-state index in [4.69, 9.17) is 9.63 Å². The van der Waals surface area contributed by atoms with Crippen LogP contribution in [0.1, 0.15) is 26.3 Å². The Morgan fingerprint density at radius 3 is 2.06 bits per heavy atom. The molecule has 0 saturated heterocycles. The van der Waals surface area contributed by atoms with Gasteiger partial charge >= 0.3 is 7.94 Å². The Morgan fingerprint density at radius 1 is 1.17 bits per heavy atom. The van der Waals surface area contributed by atoms with Gasteiger partial charge in [-0.3, -0.25) is 4.52 Å². The Morgan fingerprint density at radius 2 is 1.67 bits per heavy atom. The molecule has 1 atom stereocenters. The predicted molar refractivity (Wildman–Crippen MR) is 70.2 cm³/mol. The van der Waals surface area contributed by atoms with Gasteiger partial charge in [-0.2, -0.15) is 9.79 Å². The summed E-state index contributed by atoms with van der Waals surface area (Å²) in [5.74, 6) is -1.44. The molecule has 0 fully saturated rings. The molecule has 0 aliphatic rings. The monoisotopic (exact) mass is 275 g/mol. The van der Waals surface area contributed by atoms with Crippen molar-refractivity contribution >= 4 is 7.94 Å². The number of rotatable bonds is 4. The van der Waals surface area contributed by atoms with Crippen molar-refractivity contribution in [3.8, 4) is 5.75 Å². The van der Waals surface area contributed by atoms with Crippen LogP contribution in [0.5, 0.6) is 5.75 Å². The van der Waals surface area contributed by atoms with Crippen LogP contribution >= 0.6 is 7.94 Å². The van der Waals surface area contributed by atoms with Crippen LogP contribution in [0.15, 0.2) is 24.3 Å². The zero-order valence-corrected chi connectivity index (χ0v) is 11.6. The summed E-state index contributed by atoms with van der Waals surface area (Å²) in [6, 6.07) is 6.85. The van der Waals surface area contributed by atoms with Crippen LogP contribution in [0.3, 0.4) is 0 Å². The predicted octanol–water partition coefficient (Wildman–Crippen LogP) is 1.42. The molecule has 1 aromatic rings. The van der Waals surface area contributed by atoms with Crippen molar-refractivity contribution in [2.24, 2.45) is 0 Å². The summed E-state index contributed by atoms with van der Waals surface area (Å²) < 4.78 is 4.93. The van der Waals surface area contributed by atoms with Gasteiger partial charge in [0, 0.05) is 0 Å². The number of hydrogen-bond acceptors (Lipinski definition) is 5. The van der Waals surface area contributed by atoms with E-state index in [1.165, 1.54) is 0 Å². The zero-order valence-electron chi connectivity index (χ0n) is 10.7. The molecule has 0 aliphatic carbocycles. The Bertz CT molecular complexity index is 382.